The molecule has 9 heteroatoms. The Morgan fingerprint density at radius 3 is 2.65 bits per heavy atom. The van der Waals surface area contributed by atoms with Crippen molar-refractivity contribution in [2.45, 2.75) is 12.8 Å². The highest BCUT2D eigenvalue weighted by atomic mass is 35.5. The lowest BCUT2D eigenvalue weighted by Crippen LogP contribution is -2.16. The van der Waals surface area contributed by atoms with Crippen molar-refractivity contribution in [2.24, 2.45) is 5.92 Å². The van der Waals surface area contributed by atoms with E-state index in [9.17, 15) is 9.90 Å². The predicted molar refractivity (Wildman–Crippen MR) is 144 cm³/mol. The molecule has 0 radical (unpaired) electrons. The van der Waals surface area contributed by atoms with Gasteiger partial charge in [-0.15, -0.1) is 0 Å². The number of ketones is 1. The number of carbonyl (C=O) groups is 1. The summed E-state index contributed by atoms with van der Waals surface area (Å²) in [4.78, 5) is 22.2. The molecule has 1 fully saturated rings. The molecule has 5 rings (SSSR count). The molecule has 1 aliphatic rings. The number of nitrogens with one attached hydrogen (secondary N) is 2. The molecule has 0 saturated heterocycles. The number of halogens is 1. The molecular formula is C28H27ClN4O4. The van der Waals surface area contributed by atoms with Crippen molar-refractivity contribution < 1.29 is 19.4 Å². The summed E-state index contributed by atoms with van der Waals surface area (Å²) < 4.78 is 10.9. The van der Waals surface area contributed by atoms with Gasteiger partial charge in [0.1, 0.15) is 6.61 Å². The minimum atomic E-state index is -0.110. The fraction of sp³-hybridized carbons (Fsp3) is 0.250. The number of pyridine rings is 2. The molecule has 2 heterocycles. The number of aromatic hydroxyl groups is 1. The van der Waals surface area contributed by atoms with Gasteiger partial charge in [-0.2, -0.15) is 0 Å². The smallest absolute Gasteiger partial charge is 0.213 e. The van der Waals surface area contributed by atoms with Crippen LogP contribution in [0.4, 0.5) is 11.4 Å². The number of nitrogens with zero attached hydrogens (tertiary/aromatic N) is 2. The van der Waals surface area contributed by atoms with E-state index in [4.69, 9.17) is 21.1 Å². The van der Waals surface area contributed by atoms with Gasteiger partial charge in [-0.1, -0.05) is 17.7 Å². The first-order valence-corrected chi connectivity index (χ1v) is 12.4. The van der Waals surface area contributed by atoms with Crippen molar-refractivity contribution >= 4 is 39.7 Å². The van der Waals surface area contributed by atoms with Crippen LogP contribution in [-0.2, 0) is 0 Å². The lowest BCUT2D eigenvalue weighted by Gasteiger charge is -2.16. The van der Waals surface area contributed by atoms with Crippen LogP contribution in [0, 0.1) is 5.92 Å². The molecule has 0 bridgehead atoms. The number of likely N-dealkylation sites (N-methyl/N-ethyl adjacent to an activating group) is 1. The van der Waals surface area contributed by atoms with Crippen molar-refractivity contribution in [2.75, 3.05) is 32.6 Å². The van der Waals surface area contributed by atoms with Gasteiger partial charge >= 0.3 is 0 Å². The van der Waals surface area contributed by atoms with Gasteiger partial charge in [0.15, 0.2) is 17.3 Å². The predicted octanol–water partition coefficient (Wildman–Crippen LogP) is 5.60. The molecule has 0 unspecified atom stereocenters. The number of methoxy groups -OCH3 is 1. The molecule has 0 spiro atoms. The molecule has 190 valence electrons. The van der Waals surface area contributed by atoms with Crippen LogP contribution in [0.1, 0.15) is 23.2 Å². The van der Waals surface area contributed by atoms with E-state index in [0.717, 1.165) is 47.1 Å². The molecular weight excluding hydrogens is 492 g/mol. The van der Waals surface area contributed by atoms with Crippen molar-refractivity contribution in [1.82, 2.24) is 15.3 Å². The summed E-state index contributed by atoms with van der Waals surface area (Å²) in [5.74, 6) is 0.803. The fourth-order valence-corrected chi connectivity index (χ4v) is 4.31. The molecule has 0 amide bonds. The van der Waals surface area contributed by atoms with Crippen LogP contribution in [0.25, 0.3) is 22.0 Å². The summed E-state index contributed by atoms with van der Waals surface area (Å²) in [6.07, 6.45) is 5.11. The van der Waals surface area contributed by atoms with Gasteiger partial charge in [0.05, 0.1) is 40.8 Å². The molecule has 2 aromatic carbocycles. The second kappa shape index (κ2) is 10.6. The van der Waals surface area contributed by atoms with Gasteiger partial charge in [-0.3, -0.25) is 9.78 Å². The largest absolute Gasteiger partial charge is 0.503 e. The monoisotopic (exact) mass is 518 g/mol. The van der Waals surface area contributed by atoms with Crippen LogP contribution in [0.15, 0.2) is 54.9 Å². The zero-order chi connectivity index (χ0) is 25.9. The quantitative estimate of drug-likeness (QED) is 0.184. The first-order valence-electron chi connectivity index (χ1n) is 12.0. The minimum Gasteiger partial charge on any atom is -0.503 e. The van der Waals surface area contributed by atoms with E-state index >= 15 is 0 Å². The molecule has 1 saturated carbocycles. The normalized spacial score (nSPS) is 12.9. The van der Waals surface area contributed by atoms with Crippen molar-refractivity contribution in [3.8, 4) is 28.5 Å². The Kier molecular flexibility index (Phi) is 7.12. The Balaban J connectivity index is 1.57. The number of anilines is 2. The highest BCUT2D eigenvalue weighted by Crippen LogP contribution is 2.41. The molecule has 0 atom stereocenters. The maximum absolute atomic E-state index is 13.2. The van der Waals surface area contributed by atoms with E-state index in [1.807, 2.05) is 31.3 Å². The highest BCUT2D eigenvalue weighted by molar-refractivity contribution is 6.32. The number of Topliss-reactive ketones (excluding diaryl/α,β-unsaturated/α-hetero) is 1. The second-order valence-corrected chi connectivity index (χ2v) is 9.30. The summed E-state index contributed by atoms with van der Waals surface area (Å²) in [6.45, 7) is 1.23. The van der Waals surface area contributed by atoms with Gasteiger partial charge in [0.25, 0.3) is 0 Å². The number of phenols is 1. The van der Waals surface area contributed by atoms with Gasteiger partial charge in [0.2, 0.25) is 5.88 Å². The average molecular weight is 519 g/mol. The van der Waals surface area contributed by atoms with Crippen molar-refractivity contribution in [3.05, 3.63) is 65.4 Å². The average Bonchev–Trinajstić information content (AvgIpc) is 3.76. The molecule has 8 nitrogen and oxygen atoms in total. The highest BCUT2D eigenvalue weighted by Gasteiger charge is 2.32. The lowest BCUT2D eigenvalue weighted by atomic mass is 9.98. The van der Waals surface area contributed by atoms with Crippen molar-refractivity contribution in [1.29, 1.82) is 0 Å². The van der Waals surface area contributed by atoms with Crippen LogP contribution >= 0.6 is 11.6 Å². The van der Waals surface area contributed by atoms with E-state index in [2.05, 4.69) is 20.6 Å². The van der Waals surface area contributed by atoms with E-state index in [0.29, 0.717) is 23.7 Å². The van der Waals surface area contributed by atoms with E-state index in [1.165, 1.54) is 7.11 Å². The minimum absolute atomic E-state index is 0.0317. The standard InChI is InChI=1S/C28H27ClN4O4/c1-30-9-10-37-25-8-6-19(14-32-25)33-26-20-11-17(18-12-22(29)28(35)24(13-18)36-2)5-7-23(20)31-15-21(26)27(34)16-3-4-16/h5-8,11-16,30,35H,3-4,9-10H2,1-2H3,(H,31,33). The zero-order valence-corrected chi connectivity index (χ0v) is 21.3. The molecule has 1 aliphatic carbocycles. The number of fused-ring (bicyclic) bond motifs is 1. The Morgan fingerprint density at radius 1 is 1.11 bits per heavy atom. The SMILES string of the molecule is CNCCOc1ccc(Nc2c(C(=O)C3CC3)cnc3ccc(-c4cc(Cl)c(O)c(OC)c4)cc23)cn1. The summed E-state index contributed by atoms with van der Waals surface area (Å²) in [5, 5.41) is 17.6. The molecule has 3 N–H and O–H groups in total. The van der Waals surface area contributed by atoms with E-state index in [1.54, 1.807) is 30.6 Å². The van der Waals surface area contributed by atoms with Gasteiger partial charge < -0.3 is 25.2 Å². The Hall–Kier alpha value is -3.88. The maximum atomic E-state index is 13.2. The number of aromatic nitrogens is 2. The van der Waals surface area contributed by atoms with Crippen LogP contribution in [-0.4, -0.2) is 48.2 Å². The number of hydrogen-bond acceptors (Lipinski definition) is 8. The number of rotatable bonds is 10. The Morgan fingerprint density at radius 2 is 1.95 bits per heavy atom. The zero-order valence-electron chi connectivity index (χ0n) is 20.5. The summed E-state index contributed by atoms with van der Waals surface area (Å²) in [6, 6.07) is 12.8. The summed E-state index contributed by atoms with van der Waals surface area (Å²) >= 11 is 6.25. The summed E-state index contributed by atoms with van der Waals surface area (Å²) in [5.41, 5.74) is 4.26. The first kappa shape index (κ1) is 24.8. The summed E-state index contributed by atoms with van der Waals surface area (Å²) in [7, 11) is 3.34. The van der Waals surface area contributed by atoms with Gasteiger partial charge in [-0.05, 0) is 61.3 Å². The van der Waals surface area contributed by atoms with Crippen molar-refractivity contribution in [3.63, 3.8) is 0 Å². The fourth-order valence-electron chi connectivity index (χ4n) is 4.10. The van der Waals surface area contributed by atoms with Crippen LogP contribution in [0.3, 0.4) is 0 Å². The lowest BCUT2D eigenvalue weighted by molar-refractivity contribution is 0.0968. The maximum Gasteiger partial charge on any atom is 0.213 e. The number of hydrogen-bond donors (Lipinski definition) is 3. The van der Waals surface area contributed by atoms with E-state index in [-0.39, 0.29) is 28.2 Å². The third-order valence-corrected chi connectivity index (χ3v) is 6.56. The van der Waals surface area contributed by atoms with Crippen LogP contribution in [0.5, 0.6) is 17.4 Å². The van der Waals surface area contributed by atoms with Crippen LogP contribution in [0.2, 0.25) is 5.02 Å². The van der Waals surface area contributed by atoms with Gasteiger partial charge in [-0.25, -0.2) is 4.98 Å². The third-order valence-electron chi connectivity index (χ3n) is 6.27. The number of carbonyl (C=O) groups excluding carboxylic acids is 1. The molecule has 2 aromatic heterocycles. The van der Waals surface area contributed by atoms with E-state index < -0.39 is 0 Å². The third kappa shape index (κ3) is 5.30. The number of phenolic OH excluding ortho intramolecular Hbond substituents is 1. The number of benzene rings is 2. The molecule has 4 aromatic rings. The van der Waals surface area contributed by atoms with Crippen LogP contribution < -0.4 is 20.1 Å². The number of ether oxygens (including phenoxy) is 2. The molecule has 37 heavy (non-hydrogen) atoms. The topological polar surface area (TPSA) is 106 Å². The Bertz CT molecular complexity index is 1460. The van der Waals surface area contributed by atoms with Gasteiger partial charge in [0, 0.05) is 30.1 Å². The molecule has 0 aliphatic heterocycles. The second-order valence-electron chi connectivity index (χ2n) is 8.89. The Labute approximate surface area is 219 Å². The first-order chi connectivity index (χ1) is 18.0.